The molecule has 8 rings (SSSR count). The molecular formula is C35H35ClN4O3. The fourth-order valence-corrected chi connectivity index (χ4v) is 8.25. The number of aromatic nitrogens is 2. The van der Waals surface area contributed by atoms with Crippen molar-refractivity contribution in [2.75, 3.05) is 19.0 Å². The van der Waals surface area contributed by atoms with Gasteiger partial charge in [0.05, 0.1) is 46.9 Å². The van der Waals surface area contributed by atoms with E-state index in [1.54, 1.807) is 25.6 Å². The molecule has 4 bridgehead atoms. The molecule has 4 aliphatic rings. The monoisotopic (exact) mass is 594 g/mol. The lowest BCUT2D eigenvalue weighted by Gasteiger charge is -2.56. The summed E-state index contributed by atoms with van der Waals surface area (Å²) in [5.41, 5.74) is 4.59. The van der Waals surface area contributed by atoms with Crippen LogP contribution in [0.3, 0.4) is 0 Å². The first kappa shape index (κ1) is 27.8. The summed E-state index contributed by atoms with van der Waals surface area (Å²) in [4.78, 5) is 8.99. The van der Waals surface area contributed by atoms with Crippen LogP contribution in [0.2, 0.25) is 5.02 Å². The topological polar surface area (TPSA) is 89.3 Å². The molecule has 0 spiro atoms. The summed E-state index contributed by atoms with van der Waals surface area (Å²) in [5.74, 6) is 4.54. The van der Waals surface area contributed by atoms with E-state index in [0.717, 1.165) is 34.4 Å². The number of pyridine rings is 2. The Labute approximate surface area is 257 Å². The Bertz CT molecular complexity index is 1700. The summed E-state index contributed by atoms with van der Waals surface area (Å²) in [6.45, 7) is 3.06. The van der Waals surface area contributed by atoms with Crippen molar-refractivity contribution in [1.82, 2.24) is 9.97 Å². The first-order valence-corrected chi connectivity index (χ1v) is 15.4. The van der Waals surface area contributed by atoms with E-state index in [9.17, 15) is 5.26 Å². The molecule has 0 atom stereocenters. The highest BCUT2D eigenvalue weighted by molar-refractivity contribution is 6.33. The van der Waals surface area contributed by atoms with Crippen molar-refractivity contribution >= 4 is 33.9 Å². The molecule has 0 amide bonds. The minimum Gasteiger partial charge on any atom is -0.493 e. The molecule has 2 aromatic carbocycles. The summed E-state index contributed by atoms with van der Waals surface area (Å²) in [6.07, 6.45) is 11.4. The average molecular weight is 595 g/mol. The third-order valence-corrected chi connectivity index (χ3v) is 9.98. The number of hydrogen-bond acceptors (Lipinski definition) is 7. The second kappa shape index (κ2) is 11.2. The quantitative estimate of drug-likeness (QED) is 0.208. The van der Waals surface area contributed by atoms with E-state index >= 15 is 0 Å². The molecule has 0 aliphatic heterocycles. The second-order valence-electron chi connectivity index (χ2n) is 12.7. The van der Waals surface area contributed by atoms with Crippen LogP contribution in [0, 0.1) is 41.4 Å². The number of hydrogen-bond donors (Lipinski definition) is 1. The number of aryl methyl sites for hydroxylation is 1. The van der Waals surface area contributed by atoms with E-state index in [1.807, 2.05) is 43.3 Å². The maximum Gasteiger partial charge on any atom is 0.163 e. The highest BCUT2D eigenvalue weighted by atomic mass is 35.5. The van der Waals surface area contributed by atoms with E-state index in [2.05, 4.69) is 21.4 Å². The molecule has 220 valence electrons. The Hall–Kier alpha value is -4.02. The number of halogens is 1. The van der Waals surface area contributed by atoms with Crippen LogP contribution in [0.15, 0.2) is 54.9 Å². The van der Waals surface area contributed by atoms with Crippen LogP contribution in [-0.4, -0.2) is 23.7 Å². The molecular weight excluding hydrogens is 560 g/mol. The summed E-state index contributed by atoms with van der Waals surface area (Å²) in [6, 6.07) is 15.5. The minimum atomic E-state index is 0.280. The SMILES string of the molecule is COc1cc2c(Nc3ccc(OCc4ncccc4C)cc3Cl)c(C#N)cnc2cc1OCC12CC3CC(CC(C3)C1)C2. The van der Waals surface area contributed by atoms with E-state index in [4.69, 9.17) is 25.8 Å². The van der Waals surface area contributed by atoms with E-state index in [-0.39, 0.29) is 5.41 Å². The first-order chi connectivity index (χ1) is 20.9. The number of nitrogens with one attached hydrogen (secondary N) is 1. The number of methoxy groups -OCH3 is 1. The van der Waals surface area contributed by atoms with Crippen LogP contribution < -0.4 is 19.5 Å². The predicted molar refractivity (Wildman–Crippen MR) is 167 cm³/mol. The number of anilines is 2. The van der Waals surface area contributed by atoms with Crippen LogP contribution in [0.5, 0.6) is 17.2 Å². The number of rotatable bonds is 9. The largest absolute Gasteiger partial charge is 0.493 e. The van der Waals surface area contributed by atoms with Gasteiger partial charge < -0.3 is 19.5 Å². The number of fused-ring (bicyclic) bond motifs is 1. The van der Waals surface area contributed by atoms with Crippen molar-refractivity contribution in [3.63, 3.8) is 0 Å². The Morgan fingerprint density at radius 3 is 2.44 bits per heavy atom. The number of benzene rings is 2. The highest BCUT2D eigenvalue weighted by Crippen LogP contribution is 2.60. The molecule has 0 saturated heterocycles. The molecule has 2 heterocycles. The molecule has 2 aromatic heterocycles. The second-order valence-corrected chi connectivity index (χ2v) is 13.1. The van der Waals surface area contributed by atoms with Gasteiger partial charge in [0.15, 0.2) is 11.5 Å². The number of nitriles is 1. The van der Waals surface area contributed by atoms with Crippen LogP contribution in [0.25, 0.3) is 10.9 Å². The standard InChI is InChI=1S/C35H35ClN4O3/c1-21-4-3-7-38-31(21)19-42-26-5-6-29(28(36)11-26)40-34-25(17-37)18-39-30-13-33(32(41-2)12-27(30)34)43-20-35-14-22-8-23(15-35)10-24(9-22)16-35/h3-7,11-13,18,22-24H,8-10,14-16,19-20H2,1-2H3,(H,39,40). The molecule has 8 heteroatoms. The van der Waals surface area contributed by atoms with Crippen LogP contribution in [0.1, 0.15) is 55.3 Å². The molecule has 7 nitrogen and oxygen atoms in total. The van der Waals surface area contributed by atoms with Crippen molar-refractivity contribution < 1.29 is 14.2 Å². The summed E-state index contributed by atoms with van der Waals surface area (Å²) >= 11 is 6.69. The lowest BCUT2D eigenvalue weighted by molar-refractivity contribution is -0.0747. The zero-order valence-electron chi connectivity index (χ0n) is 24.5. The molecule has 4 fully saturated rings. The fraction of sp³-hybridized carbons (Fsp3) is 0.400. The maximum absolute atomic E-state index is 9.94. The Morgan fingerprint density at radius 1 is 1.00 bits per heavy atom. The van der Waals surface area contributed by atoms with Crippen molar-refractivity contribution in [3.8, 4) is 23.3 Å². The van der Waals surface area contributed by atoms with Crippen molar-refractivity contribution in [2.24, 2.45) is 23.2 Å². The van der Waals surface area contributed by atoms with Gasteiger partial charge in [0.1, 0.15) is 18.4 Å². The Kier molecular flexibility index (Phi) is 7.26. The molecule has 43 heavy (non-hydrogen) atoms. The lowest BCUT2D eigenvalue weighted by Crippen LogP contribution is -2.48. The molecule has 4 aromatic rings. The van der Waals surface area contributed by atoms with Gasteiger partial charge in [0.2, 0.25) is 0 Å². The molecule has 4 aliphatic carbocycles. The van der Waals surface area contributed by atoms with Crippen molar-refractivity contribution in [3.05, 3.63) is 76.7 Å². The fourth-order valence-electron chi connectivity index (χ4n) is 8.03. The van der Waals surface area contributed by atoms with Crippen molar-refractivity contribution in [2.45, 2.75) is 52.1 Å². The van der Waals surface area contributed by atoms with Crippen LogP contribution in [-0.2, 0) is 6.61 Å². The summed E-state index contributed by atoms with van der Waals surface area (Å²) < 4.78 is 18.3. The van der Waals surface area contributed by atoms with Crippen molar-refractivity contribution in [1.29, 1.82) is 5.26 Å². The number of nitrogens with zero attached hydrogens (tertiary/aromatic N) is 3. The first-order valence-electron chi connectivity index (χ1n) is 15.1. The molecule has 0 radical (unpaired) electrons. The zero-order chi connectivity index (χ0) is 29.6. The Balaban J connectivity index is 1.13. The normalized spacial score (nSPS) is 23.6. The van der Waals surface area contributed by atoms with Crippen LogP contribution >= 0.6 is 11.6 Å². The van der Waals surface area contributed by atoms with Gasteiger partial charge in [-0.15, -0.1) is 0 Å². The van der Waals surface area contributed by atoms with Gasteiger partial charge in [0.25, 0.3) is 0 Å². The molecule has 1 N–H and O–H groups in total. The molecule has 4 saturated carbocycles. The summed E-state index contributed by atoms with van der Waals surface area (Å²) in [5, 5.41) is 14.5. The van der Waals surface area contributed by atoms with E-state index < -0.39 is 0 Å². The number of ether oxygens (including phenoxy) is 3. The smallest absolute Gasteiger partial charge is 0.163 e. The average Bonchev–Trinajstić information content (AvgIpc) is 3.00. The van der Waals surface area contributed by atoms with E-state index in [1.165, 1.54) is 38.5 Å². The van der Waals surface area contributed by atoms with Gasteiger partial charge in [-0.05, 0) is 93.0 Å². The van der Waals surface area contributed by atoms with Gasteiger partial charge in [-0.3, -0.25) is 9.97 Å². The van der Waals surface area contributed by atoms with Gasteiger partial charge in [-0.1, -0.05) is 17.7 Å². The van der Waals surface area contributed by atoms with Gasteiger partial charge in [0, 0.05) is 35.3 Å². The third-order valence-electron chi connectivity index (χ3n) is 9.67. The van der Waals surface area contributed by atoms with Gasteiger partial charge in [-0.2, -0.15) is 5.26 Å². The highest BCUT2D eigenvalue weighted by Gasteiger charge is 2.51. The third kappa shape index (κ3) is 5.45. The summed E-state index contributed by atoms with van der Waals surface area (Å²) in [7, 11) is 1.65. The maximum atomic E-state index is 9.94. The molecule has 0 unspecified atom stereocenters. The van der Waals surface area contributed by atoms with E-state index in [0.29, 0.717) is 57.9 Å². The van der Waals surface area contributed by atoms with Gasteiger partial charge >= 0.3 is 0 Å². The Morgan fingerprint density at radius 2 is 1.77 bits per heavy atom. The minimum absolute atomic E-state index is 0.280. The van der Waals surface area contributed by atoms with Crippen LogP contribution in [0.4, 0.5) is 11.4 Å². The zero-order valence-corrected chi connectivity index (χ0v) is 25.3. The van der Waals surface area contributed by atoms with Gasteiger partial charge in [-0.25, -0.2) is 0 Å². The predicted octanol–water partition coefficient (Wildman–Crippen LogP) is 8.39. The lowest BCUT2D eigenvalue weighted by atomic mass is 9.50.